The maximum absolute atomic E-state index is 12.1. The summed E-state index contributed by atoms with van der Waals surface area (Å²) in [5.74, 6) is -0.321. The van der Waals surface area contributed by atoms with Crippen LogP contribution in [0.5, 0.6) is 0 Å². The van der Waals surface area contributed by atoms with E-state index in [9.17, 15) is 14.4 Å². The molecule has 20 heavy (non-hydrogen) atoms. The first-order chi connectivity index (χ1) is 9.47. The highest BCUT2D eigenvalue weighted by atomic mass is 16.5. The van der Waals surface area contributed by atoms with Crippen LogP contribution in [-0.2, 0) is 19.1 Å². The number of nitrogens with zero attached hydrogens (tertiary/aromatic N) is 3. The van der Waals surface area contributed by atoms with Crippen molar-refractivity contribution in [3.05, 3.63) is 0 Å². The number of esters is 1. The minimum absolute atomic E-state index is 0.0149. The topological polar surface area (TPSA) is 70.2 Å². The van der Waals surface area contributed by atoms with Gasteiger partial charge in [0.1, 0.15) is 0 Å². The van der Waals surface area contributed by atoms with Crippen LogP contribution in [0.3, 0.4) is 0 Å². The number of piperazine rings is 1. The molecule has 0 unspecified atom stereocenters. The van der Waals surface area contributed by atoms with Crippen molar-refractivity contribution in [2.24, 2.45) is 0 Å². The molecule has 2 amide bonds. The van der Waals surface area contributed by atoms with Crippen LogP contribution in [0.25, 0.3) is 0 Å². The Hall–Kier alpha value is -1.63. The highest BCUT2D eigenvalue weighted by molar-refractivity contribution is 5.80. The van der Waals surface area contributed by atoms with E-state index in [0.29, 0.717) is 32.7 Å². The molecule has 114 valence electrons. The number of carbonyl (C=O) groups is 3. The molecule has 0 spiro atoms. The Labute approximate surface area is 119 Å². The van der Waals surface area contributed by atoms with Gasteiger partial charge in [-0.3, -0.25) is 19.3 Å². The van der Waals surface area contributed by atoms with Crippen molar-refractivity contribution < 1.29 is 19.1 Å². The third-order valence-corrected chi connectivity index (χ3v) is 3.46. The quantitative estimate of drug-likeness (QED) is 0.617. The van der Waals surface area contributed by atoms with Crippen molar-refractivity contribution in [3.8, 4) is 0 Å². The monoisotopic (exact) mass is 285 g/mol. The van der Waals surface area contributed by atoms with Crippen molar-refractivity contribution in [3.63, 3.8) is 0 Å². The van der Waals surface area contributed by atoms with Gasteiger partial charge in [-0.05, 0) is 6.54 Å². The fourth-order valence-corrected chi connectivity index (χ4v) is 2.09. The second-order valence-electron chi connectivity index (χ2n) is 4.77. The van der Waals surface area contributed by atoms with Gasteiger partial charge in [-0.1, -0.05) is 6.92 Å². The van der Waals surface area contributed by atoms with Crippen LogP contribution in [-0.4, -0.2) is 85.4 Å². The molecule has 1 heterocycles. The second kappa shape index (κ2) is 7.84. The molecule has 0 aromatic carbocycles. The van der Waals surface area contributed by atoms with Crippen LogP contribution in [0.4, 0.5) is 0 Å². The molecule has 7 nitrogen and oxygen atoms in total. The number of amides is 2. The van der Waals surface area contributed by atoms with Crippen LogP contribution < -0.4 is 0 Å². The van der Waals surface area contributed by atoms with E-state index in [1.54, 1.807) is 14.7 Å². The number of methoxy groups -OCH3 is 1. The summed E-state index contributed by atoms with van der Waals surface area (Å²) in [7, 11) is 1.33. The zero-order valence-corrected chi connectivity index (χ0v) is 12.4. The lowest BCUT2D eigenvalue weighted by molar-refractivity contribution is -0.144. The van der Waals surface area contributed by atoms with Crippen molar-refractivity contribution in [2.75, 3.05) is 52.9 Å². The van der Waals surface area contributed by atoms with E-state index in [4.69, 9.17) is 0 Å². The lowest BCUT2D eigenvalue weighted by Gasteiger charge is -2.35. The average Bonchev–Trinajstić information content (AvgIpc) is 2.46. The van der Waals surface area contributed by atoms with E-state index in [2.05, 4.69) is 4.74 Å². The molecule has 0 aliphatic carbocycles. The second-order valence-corrected chi connectivity index (χ2v) is 4.77. The molecule has 0 radical (unpaired) electrons. The molecule has 0 atom stereocenters. The third-order valence-electron chi connectivity index (χ3n) is 3.46. The number of rotatable bonds is 5. The van der Waals surface area contributed by atoms with Crippen LogP contribution >= 0.6 is 0 Å². The minimum atomic E-state index is -0.346. The molecule has 0 saturated carbocycles. The van der Waals surface area contributed by atoms with Crippen molar-refractivity contribution in [1.82, 2.24) is 14.7 Å². The number of hydrogen-bond donors (Lipinski definition) is 0. The van der Waals surface area contributed by atoms with Crippen molar-refractivity contribution in [2.45, 2.75) is 13.8 Å². The maximum atomic E-state index is 12.1. The van der Waals surface area contributed by atoms with Crippen LogP contribution in [0.2, 0.25) is 0 Å². The van der Waals surface area contributed by atoms with E-state index in [1.807, 2.05) is 6.92 Å². The summed E-state index contributed by atoms with van der Waals surface area (Å²) in [4.78, 5) is 39.8. The predicted molar refractivity (Wildman–Crippen MR) is 73.0 cm³/mol. The zero-order chi connectivity index (χ0) is 15.1. The van der Waals surface area contributed by atoms with Crippen LogP contribution in [0.15, 0.2) is 0 Å². The molecule has 1 rings (SSSR count). The minimum Gasteiger partial charge on any atom is -0.468 e. The molecule has 1 saturated heterocycles. The Morgan fingerprint density at radius 2 is 1.60 bits per heavy atom. The van der Waals surface area contributed by atoms with E-state index < -0.39 is 0 Å². The first-order valence-electron chi connectivity index (χ1n) is 6.80. The molecule has 1 aliphatic heterocycles. The summed E-state index contributed by atoms with van der Waals surface area (Å²) < 4.78 is 4.60. The summed E-state index contributed by atoms with van der Waals surface area (Å²) >= 11 is 0. The number of carbonyl (C=O) groups excluding carboxylic acids is 3. The summed E-state index contributed by atoms with van der Waals surface area (Å²) in [5.41, 5.74) is 0. The van der Waals surface area contributed by atoms with Gasteiger partial charge >= 0.3 is 5.97 Å². The molecular formula is C13H23N3O4. The first kappa shape index (κ1) is 16.4. The number of hydrogen-bond acceptors (Lipinski definition) is 5. The summed E-state index contributed by atoms with van der Waals surface area (Å²) in [6.45, 7) is 6.60. The Balaban J connectivity index is 2.42. The van der Waals surface area contributed by atoms with Crippen molar-refractivity contribution in [1.29, 1.82) is 0 Å². The smallest absolute Gasteiger partial charge is 0.319 e. The van der Waals surface area contributed by atoms with Gasteiger partial charge in [0.05, 0.1) is 20.2 Å². The van der Waals surface area contributed by atoms with Crippen LogP contribution in [0.1, 0.15) is 13.8 Å². The first-order valence-corrected chi connectivity index (χ1v) is 6.80. The van der Waals surface area contributed by atoms with Gasteiger partial charge in [0.25, 0.3) is 0 Å². The normalized spacial score (nSPS) is 15.4. The predicted octanol–water partition coefficient (Wildman–Crippen LogP) is -0.828. The van der Waals surface area contributed by atoms with Gasteiger partial charge in [-0.15, -0.1) is 0 Å². The molecule has 0 bridgehead atoms. The highest BCUT2D eigenvalue weighted by Crippen LogP contribution is 2.03. The molecule has 0 aromatic rings. The van der Waals surface area contributed by atoms with Crippen molar-refractivity contribution >= 4 is 17.8 Å². The van der Waals surface area contributed by atoms with Gasteiger partial charge in [0.2, 0.25) is 11.8 Å². The largest absolute Gasteiger partial charge is 0.468 e. The molecule has 0 aromatic heterocycles. The van der Waals surface area contributed by atoms with Gasteiger partial charge in [0.15, 0.2) is 0 Å². The summed E-state index contributed by atoms with van der Waals surface area (Å²) in [6, 6.07) is 0. The fraction of sp³-hybridized carbons (Fsp3) is 0.769. The van der Waals surface area contributed by atoms with E-state index in [0.717, 1.165) is 0 Å². The third kappa shape index (κ3) is 4.80. The molecule has 1 aliphatic rings. The Bertz CT molecular complexity index is 365. The van der Waals surface area contributed by atoms with E-state index >= 15 is 0 Å². The zero-order valence-electron chi connectivity index (χ0n) is 12.4. The average molecular weight is 285 g/mol. The highest BCUT2D eigenvalue weighted by Gasteiger charge is 2.23. The molecule has 1 fully saturated rings. The van der Waals surface area contributed by atoms with Gasteiger partial charge in [0, 0.05) is 33.1 Å². The number of likely N-dealkylation sites (N-methyl/N-ethyl adjacent to an activating group) is 1. The Kier molecular flexibility index (Phi) is 6.44. The van der Waals surface area contributed by atoms with Gasteiger partial charge in [-0.2, -0.15) is 0 Å². The fourth-order valence-electron chi connectivity index (χ4n) is 2.09. The van der Waals surface area contributed by atoms with Gasteiger partial charge < -0.3 is 14.5 Å². The standard InChI is InChI=1S/C13H23N3O4/c1-4-14(10-13(19)20-3)9-12(18)16-7-5-15(6-8-16)11(2)17/h4-10H2,1-3H3. The van der Waals surface area contributed by atoms with Gasteiger partial charge in [-0.25, -0.2) is 0 Å². The summed E-state index contributed by atoms with van der Waals surface area (Å²) in [5, 5.41) is 0. The summed E-state index contributed by atoms with van der Waals surface area (Å²) in [6.07, 6.45) is 0. The lowest BCUT2D eigenvalue weighted by atomic mass is 10.3. The van der Waals surface area contributed by atoms with Crippen LogP contribution in [0, 0.1) is 0 Å². The van der Waals surface area contributed by atoms with E-state index in [1.165, 1.54) is 14.0 Å². The Morgan fingerprint density at radius 3 is 2.05 bits per heavy atom. The number of ether oxygens (including phenoxy) is 1. The SMILES string of the molecule is CCN(CC(=O)OC)CC(=O)N1CCN(C(C)=O)CC1. The Morgan fingerprint density at radius 1 is 1.05 bits per heavy atom. The molecule has 7 heteroatoms. The lowest BCUT2D eigenvalue weighted by Crippen LogP contribution is -2.52. The van der Waals surface area contributed by atoms with E-state index in [-0.39, 0.29) is 30.9 Å². The molecular weight excluding hydrogens is 262 g/mol. The maximum Gasteiger partial charge on any atom is 0.319 e. The molecule has 0 N–H and O–H groups in total.